The van der Waals surface area contributed by atoms with Crippen molar-refractivity contribution in [3.8, 4) is 0 Å². The normalized spacial score (nSPS) is 23.2. The molecule has 1 unspecified atom stereocenters. The van der Waals surface area contributed by atoms with Crippen LogP contribution in [0.25, 0.3) is 0 Å². The number of furan rings is 1. The average Bonchev–Trinajstić information content (AvgIpc) is 2.69. The Hall–Kier alpha value is -0.840. The molecule has 1 aliphatic heterocycles. The van der Waals surface area contributed by atoms with Crippen LogP contribution in [0.1, 0.15) is 18.4 Å². The quantitative estimate of drug-likeness (QED) is 0.765. The first kappa shape index (κ1) is 10.7. The van der Waals surface area contributed by atoms with Crippen LogP contribution in [0.3, 0.4) is 0 Å². The minimum absolute atomic E-state index is 0.0168. The molecule has 1 aromatic heterocycles. The lowest BCUT2D eigenvalue weighted by Gasteiger charge is -2.33. The van der Waals surface area contributed by atoms with E-state index in [4.69, 9.17) is 9.52 Å². The largest absolute Gasteiger partial charge is 0.462 e. The van der Waals surface area contributed by atoms with Gasteiger partial charge in [-0.05, 0) is 19.1 Å². The van der Waals surface area contributed by atoms with Crippen LogP contribution >= 0.6 is 0 Å². The van der Waals surface area contributed by atoms with Gasteiger partial charge in [-0.1, -0.05) is 0 Å². The molecule has 2 rings (SSSR count). The summed E-state index contributed by atoms with van der Waals surface area (Å²) in [5.41, 5.74) is 0. The Bertz CT molecular complexity index is 311. The number of nitrogens with one attached hydrogen (secondary N) is 1. The molecule has 0 aliphatic carbocycles. The van der Waals surface area contributed by atoms with Crippen molar-refractivity contribution in [2.75, 3.05) is 19.6 Å². The van der Waals surface area contributed by atoms with Crippen molar-refractivity contribution in [2.24, 2.45) is 0 Å². The second kappa shape index (κ2) is 4.79. The van der Waals surface area contributed by atoms with Gasteiger partial charge in [-0.3, -0.25) is 4.90 Å². The zero-order valence-corrected chi connectivity index (χ0v) is 9.07. The molecule has 1 aromatic rings. The summed E-state index contributed by atoms with van der Waals surface area (Å²) in [6.45, 7) is 6.16. The Kier molecular flexibility index (Phi) is 3.41. The van der Waals surface area contributed by atoms with Crippen molar-refractivity contribution < 1.29 is 9.52 Å². The van der Waals surface area contributed by atoms with Gasteiger partial charge in [-0.15, -0.1) is 0 Å². The number of aliphatic hydroxyl groups is 1. The summed E-state index contributed by atoms with van der Waals surface area (Å²) in [6.07, 6.45) is 0. The van der Waals surface area contributed by atoms with E-state index in [0.717, 1.165) is 31.9 Å². The Balaban J connectivity index is 1.95. The van der Waals surface area contributed by atoms with Crippen molar-refractivity contribution in [2.45, 2.75) is 26.1 Å². The number of nitrogens with zero attached hydrogens (tertiary/aromatic N) is 1. The molecule has 0 radical (unpaired) electrons. The average molecular weight is 210 g/mol. The molecule has 2 N–H and O–H groups in total. The standard InChI is InChI=1S/C11H18N2O2/c1-9-6-12-4-5-13(9)7-10-2-3-11(8-14)15-10/h2-3,9,12,14H,4-8H2,1H3. The summed E-state index contributed by atoms with van der Waals surface area (Å²) in [5.74, 6) is 1.58. The van der Waals surface area contributed by atoms with Gasteiger partial charge in [-0.2, -0.15) is 0 Å². The molecule has 0 amide bonds. The zero-order chi connectivity index (χ0) is 10.7. The molecule has 1 aliphatic rings. The van der Waals surface area contributed by atoms with E-state index in [1.165, 1.54) is 0 Å². The van der Waals surface area contributed by atoms with E-state index in [9.17, 15) is 0 Å². The Morgan fingerprint density at radius 2 is 2.33 bits per heavy atom. The van der Waals surface area contributed by atoms with Crippen molar-refractivity contribution >= 4 is 0 Å². The lowest BCUT2D eigenvalue weighted by molar-refractivity contribution is 0.150. The number of rotatable bonds is 3. The molecule has 1 saturated heterocycles. The smallest absolute Gasteiger partial charge is 0.129 e. The van der Waals surface area contributed by atoms with Crippen LogP contribution in [-0.4, -0.2) is 35.7 Å². The van der Waals surface area contributed by atoms with Gasteiger partial charge in [0, 0.05) is 25.7 Å². The monoisotopic (exact) mass is 210 g/mol. The minimum atomic E-state index is -0.0168. The first-order chi connectivity index (χ1) is 7.29. The van der Waals surface area contributed by atoms with Gasteiger partial charge in [-0.25, -0.2) is 0 Å². The lowest BCUT2D eigenvalue weighted by Crippen LogP contribution is -2.49. The summed E-state index contributed by atoms with van der Waals surface area (Å²) in [4.78, 5) is 2.39. The maximum absolute atomic E-state index is 8.89. The Morgan fingerprint density at radius 1 is 1.53 bits per heavy atom. The highest BCUT2D eigenvalue weighted by molar-refractivity contribution is 5.06. The third kappa shape index (κ3) is 2.59. The second-order valence-electron chi connectivity index (χ2n) is 4.05. The number of hydrogen-bond acceptors (Lipinski definition) is 4. The third-order valence-electron chi connectivity index (χ3n) is 2.87. The van der Waals surface area contributed by atoms with E-state index in [0.29, 0.717) is 11.8 Å². The molecular formula is C11H18N2O2. The Labute approximate surface area is 89.9 Å². The number of aliphatic hydroxyl groups excluding tert-OH is 1. The van der Waals surface area contributed by atoms with Crippen LogP contribution in [0, 0.1) is 0 Å². The van der Waals surface area contributed by atoms with Crippen molar-refractivity contribution in [3.63, 3.8) is 0 Å². The van der Waals surface area contributed by atoms with Crippen LogP contribution in [-0.2, 0) is 13.2 Å². The minimum Gasteiger partial charge on any atom is -0.462 e. The van der Waals surface area contributed by atoms with Crippen molar-refractivity contribution in [1.82, 2.24) is 10.2 Å². The molecule has 2 heterocycles. The number of hydrogen-bond donors (Lipinski definition) is 2. The highest BCUT2D eigenvalue weighted by atomic mass is 16.4. The van der Waals surface area contributed by atoms with Crippen LogP contribution in [0.5, 0.6) is 0 Å². The predicted octanol–water partition coefficient (Wildman–Crippen LogP) is 0.566. The van der Waals surface area contributed by atoms with E-state index >= 15 is 0 Å². The molecule has 15 heavy (non-hydrogen) atoms. The maximum atomic E-state index is 8.89. The summed E-state index contributed by atoms with van der Waals surface area (Å²) >= 11 is 0. The van der Waals surface area contributed by atoms with Crippen LogP contribution in [0.15, 0.2) is 16.5 Å². The van der Waals surface area contributed by atoms with Gasteiger partial charge in [0.2, 0.25) is 0 Å². The topological polar surface area (TPSA) is 48.6 Å². The molecule has 1 atom stereocenters. The molecule has 0 bridgehead atoms. The molecule has 4 heteroatoms. The Morgan fingerprint density at radius 3 is 3.00 bits per heavy atom. The van der Waals surface area contributed by atoms with Gasteiger partial charge in [0.1, 0.15) is 18.1 Å². The van der Waals surface area contributed by atoms with Gasteiger partial charge >= 0.3 is 0 Å². The molecule has 0 aromatic carbocycles. The lowest BCUT2D eigenvalue weighted by atomic mass is 10.2. The maximum Gasteiger partial charge on any atom is 0.129 e. The van der Waals surface area contributed by atoms with Crippen LogP contribution in [0.4, 0.5) is 0 Å². The molecule has 0 saturated carbocycles. The molecule has 84 valence electrons. The zero-order valence-electron chi connectivity index (χ0n) is 9.07. The highest BCUT2D eigenvalue weighted by Gasteiger charge is 2.18. The van der Waals surface area contributed by atoms with E-state index < -0.39 is 0 Å². The third-order valence-corrected chi connectivity index (χ3v) is 2.87. The first-order valence-electron chi connectivity index (χ1n) is 5.43. The van der Waals surface area contributed by atoms with Gasteiger partial charge in [0.25, 0.3) is 0 Å². The van der Waals surface area contributed by atoms with Gasteiger partial charge in [0.05, 0.1) is 6.54 Å². The van der Waals surface area contributed by atoms with Crippen LogP contribution < -0.4 is 5.32 Å². The molecule has 1 fully saturated rings. The number of piperazine rings is 1. The molecular weight excluding hydrogens is 192 g/mol. The highest BCUT2D eigenvalue weighted by Crippen LogP contribution is 2.13. The SMILES string of the molecule is CC1CNCCN1Cc1ccc(CO)o1. The fraction of sp³-hybridized carbons (Fsp3) is 0.636. The molecule has 0 spiro atoms. The molecule has 4 nitrogen and oxygen atoms in total. The van der Waals surface area contributed by atoms with E-state index in [1.807, 2.05) is 12.1 Å². The van der Waals surface area contributed by atoms with Gasteiger partial charge in [0.15, 0.2) is 0 Å². The summed E-state index contributed by atoms with van der Waals surface area (Å²) in [5, 5.41) is 12.2. The first-order valence-corrected chi connectivity index (χ1v) is 5.43. The van der Waals surface area contributed by atoms with Crippen LogP contribution in [0.2, 0.25) is 0 Å². The second-order valence-corrected chi connectivity index (χ2v) is 4.05. The van der Waals surface area contributed by atoms with E-state index in [2.05, 4.69) is 17.1 Å². The fourth-order valence-electron chi connectivity index (χ4n) is 1.91. The van der Waals surface area contributed by atoms with E-state index in [-0.39, 0.29) is 6.61 Å². The van der Waals surface area contributed by atoms with Crippen molar-refractivity contribution in [1.29, 1.82) is 0 Å². The van der Waals surface area contributed by atoms with Crippen molar-refractivity contribution in [3.05, 3.63) is 23.7 Å². The fourth-order valence-corrected chi connectivity index (χ4v) is 1.91. The summed E-state index contributed by atoms with van der Waals surface area (Å²) in [6, 6.07) is 4.32. The van der Waals surface area contributed by atoms with Gasteiger partial charge < -0.3 is 14.8 Å². The van der Waals surface area contributed by atoms with E-state index in [1.54, 1.807) is 0 Å². The summed E-state index contributed by atoms with van der Waals surface area (Å²) in [7, 11) is 0. The summed E-state index contributed by atoms with van der Waals surface area (Å²) < 4.78 is 5.47. The predicted molar refractivity (Wildman–Crippen MR) is 57.4 cm³/mol.